The molecule has 0 saturated carbocycles. The summed E-state index contributed by atoms with van der Waals surface area (Å²) in [6.07, 6.45) is 0. The zero-order valence-electron chi connectivity index (χ0n) is 9.23. The molecule has 1 aromatic carbocycles. The minimum Gasteiger partial charge on any atom is -0.282 e. The van der Waals surface area contributed by atoms with E-state index in [-0.39, 0.29) is 11.4 Å². The number of anilines is 1. The van der Waals surface area contributed by atoms with E-state index in [0.717, 1.165) is 0 Å². The quantitative estimate of drug-likeness (QED) is 0.519. The number of hydrogen-bond donors (Lipinski definition) is 1. The van der Waals surface area contributed by atoms with Gasteiger partial charge in [0.25, 0.3) is 5.69 Å². The van der Waals surface area contributed by atoms with Gasteiger partial charge < -0.3 is 0 Å². The molecule has 0 radical (unpaired) electrons. The molecule has 0 amide bonds. The molecule has 1 N–H and O–H groups in total. The molecule has 17 heavy (non-hydrogen) atoms. The Kier molecular flexibility index (Phi) is 3.94. The van der Waals surface area contributed by atoms with Gasteiger partial charge in [0, 0.05) is 11.6 Å². The second-order valence-electron chi connectivity index (χ2n) is 3.54. The molecule has 1 rings (SSSR count). The molecule has 0 fully saturated rings. The van der Waals surface area contributed by atoms with E-state index < -0.39 is 20.2 Å². The van der Waals surface area contributed by atoms with Crippen LogP contribution in [0.25, 0.3) is 0 Å². The van der Waals surface area contributed by atoms with Crippen LogP contribution < -0.4 is 4.72 Å². The molecule has 0 aliphatic carbocycles. The van der Waals surface area contributed by atoms with Crippen LogP contribution in [0.15, 0.2) is 12.1 Å². The van der Waals surface area contributed by atoms with E-state index in [0.29, 0.717) is 11.1 Å². The number of halogens is 1. The van der Waals surface area contributed by atoms with E-state index in [4.69, 9.17) is 11.6 Å². The topological polar surface area (TPSA) is 89.3 Å². The van der Waals surface area contributed by atoms with Gasteiger partial charge in [-0.3, -0.25) is 14.8 Å². The summed E-state index contributed by atoms with van der Waals surface area (Å²) in [7, 11) is -3.66. The van der Waals surface area contributed by atoms with Gasteiger partial charge in [-0.2, -0.15) is 0 Å². The van der Waals surface area contributed by atoms with Gasteiger partial charge in [0.15, 0.2) is 0 Å². The van der Waals surface area contributed by atoms with Crippen LogP contribution in [0.1, 0.15) is 11.1 Å². The van der Waals surface area contributed by atoms with Crippen molar-refractivity contribution in [1.29, 1.82) is 0 Å². The van der Waals surface area contributed by atoms with Crippen LogP contribution in [0.5, 0.6) is 0 Å². The minimum atomic E-state index is -3.66. The summed E-state index contributed by atoms with van der Waals surface area (Å²) in [6, 6.07) is 2.74. The fraction of sp³-hybridized carbons (Fsp3) is 0.333. The fourth-order valence-corrected chi connectivity index (χ4v) is 2.12. The SMILES string of the molecule is Cc1cc(C)c([N+](=O)[O-])cc1NS(=O)(=O)CCl. The number of nitrogens with zero attached hydrogens (tertiary/aromatic N) is 1. The first kappa shape index (κ1) is 13.7. The fourth-order valence-electron chi connectivity index (χ4n) is 1.34. The number of alkyl halides is 1. The van der Waals surface area contributed by atoms with Gasteiger partial charge >= 0.3 is 0 Å². The van der Waals surface area contributed by atoms with Crippen molar-refractivity contribution in [2.75, 3.05) is 9.93 Å². The summed E-state index contributed by atoms with van der Waals surface area (Å²) in [4.78, 5) is 10.2. The number of nitrogens with one attached hydrogen (secondary N) is 1. The van der Waals surface area contributed by atoms with Gasteiger partial charge in [-0.05, 0) is 25.5 Å². The summed E-state index contributed by atoms with van der Waals surface area (Å²) >= 11 is 5.24. The van der Waals surface area contributed by atoms with Crippen LogP contribution in [0.3, 0.4) is 0 Å². The lowest BCUT2D eigenvalue weighted by Crippen LogP contribution is -2.14. The van der Waals surface area contributed by atoms with Crippen molar-refractivity contribution in [2.24, 2.45) is 0 Å². The van der Waals surface area contributed by atoms with E-state index in [1.165, 1.54) is 6.07 Å². The standard InChI is InChI=1S/C9H11ClN2O4S/c1-6-3-7(2)9(12(13)14)4-8(6)11-17(15,16)5-10/h3-4,11H,5H2,1-2H3. The largest absolute Gasteiger partial charge is 0.282 e. The van der Waals surface area contributed by atoms with Gasteiger partial charge in [0.2, 0.25) is 10.0 Å². The molecule has 0 saturated heterocycles. The zero-order chi connectivity index (χ0) is 13.2. The summed E-state index contributed by atoms with van der Waals surface area (Å²) in [5, 5.41) is 10.1. The zero-order valence-corrected chi connectivity index (χ0v) is 10.8. The van der Waals surface area contributed by atoms with Crippen LogP contribution in [-0.2, 0) is 10.0 Å². The van der Waals surface area contributed by atoms with Crippen LogP contribution in [0, 0.1) is 24.0 Å². The summed E-state index contributed by atoms with van der Waals surface area (Å²) in [5.41, 5.74) is 1.11. The Bertz CT molecular complexity index is 556. The average Bonchev–Trinajstić information content (AvgIpc) is 2.21. The number of nitro groups is 1. The Hall–Kier alpha value is -1.34. The first-order valence-electron chi connectivity index (χ1n) is 4.59. The molecule has 0 heterocycles. The Labute approximate surface area is 104 Å². The predicted octanol–water partition coefficient (Wildman–Crippen LogP) is 2.15. The molecule has 94 valence electrons. The number of nitro benzene ring substituents is 1. The molecule has 8 heteroatoms. The van der Waals surface area contributed by atoms with Crippen LogP contribution in [-0.4, -0.2) is 18.6 Å². The predicted molar refractivity (Wildman–Crippen MR) is 65.8 cm³/mol. The molecule has 1 aromatic rings. The Morgan fingerprint density at radius 3 is 2.41 bits per heavy atom. The maximum Gasteiger partial charge on any atom is 0.274 e. The molecule has 0 aliphatic rings. The lowest BCUT2D eigenvalue weighted by molar-refractivity contribution is -0.385. The molecule has 0 aliphatic heterocycles. The van der Waals surface area contributed by atoms with Crippen LogP contribution in [0.2, 0.25) is 0 Å². The Morgan fingerprint density at radius 2 is 1.94 bits per heavy atom. The van der Waals surface area contributed by atoms with Crippen molar-refractivity contribution in [3.8, 4) is 0 Å². The molecule has 6 nitrogen and oxygen atoms in total. The maximum atomic E-state index is 11.3. The van der Waals surface area contributed by atoms with Gasteiger partial charge in [-0.25, -0.2) is 8.42 Å². The third-order valence-electron chi connectivity index (χ3n) is 2.15. The molecular weight excluding hydrogens is 268 g/mol. The first-order chi connectivity index (χ1) is 7.76. The van der Waals surface area contributed by atoms with Crippen LogP contribution in [0.4, 0.5) is 11.4 Å². The second kappa shape index (κ2) is 4.89. The van der Waals surface area contributed by atoms with E-state index in [1.807, 2.05) is 0 Å². The van der Waals surface area contributed by atoms with Crippen molar-refractivity contribution in [3.63, 3.8) is 0 Å². The van der Waals surface area contributed by atoms with Crippen molar-refractivity contribution < 1.29 is 13.3 Å². The van der Waals surface area contributed by atoms with E-state index >= 15 is 0 Å². The summed E-state index contributed by atoms with van der Waals surface area (Å²) in [5.74, 6) is 0. The van der Waals surface area contributed by atoms with Crippen molar-refractivity contribution in [1.82, 2.24) is 0 Å². The highest BCUT2D eigenvalue weighted by atomic mass is 35.5. The normalized spacial score (nSPS) is 11.2. The minimum absolute atomic E-state index is 0.136. The van der Waals surface area contributed by atoms with Crippen molar-refractivity contribution in [3.05, 3.63) is 33.4 Å². The van der Waals surface area contributed by atoms with Gasteiger partial charge in [-0.15, -0.1) is 11.6 Å². The van der Waals surface area contributed by atoms with Gasteiger partial charge in [0.05, 0.1) is 10.6 Å². The Morgan fingerprint density at radius 1 is 1.35 bits per heavy atom. The highest BCUT2D eigenvalue weighted by Gasteiger charge is 2.16. The van der Waals surface area contributed by atoms with E-state index in [9.17, 15) is 18.5 Å². The first-order valence-corrected chi connectivity index (χ1v) is 6.77. The number of rotatable bonds is 4. The molecule has 0 spiro atoms. The van der Waals surface area contributed by atoms with Crippen molar-refractivity contribution in [2.45, 2.75) is 13.8 Å². The Balaban J connectivity index is 3.26. The average molecular weight is 279 g/mol. The molecule has 0 aromatic heterocycles. The highest BCUT2D eigenvalue weighted by Crippen LogP contribution is 2.27. The molecule has 0 atom stereocenters. The molecular formula is C9H11ClN2O4S. The second-order valence-corrected chi connectivity index (χ2v) is 5.84. The summed E-state index contributed by atoms with van der Waals surface area (Å²) < 4.78 is 24.7. The highest BCUT2D eigenvalue weighted by molar-refractivity contribution is 7.93. The number of benzene rings is 1. The number of sulfonamides is 1. The number of hydrogen-bond acceptors (Lipinski definition) is 4. The monoisotopic (exact) mass is 278 g/mol. The number of aryl methyl sites for hydroxylation is 2. The van der Waals surface area contributed by atoms with E-state index in [2.05, 4.69) is 4.72 Å². The van der Waals surface area contributed by atoms with E-state index in [1.54, 1.807) is 19.9 Å². The van der Waals surface area contributed by atoms with Crippen LogP contribution >= 0.6 is 11.6 Å². The summed E-state index contributed by atoms with van der Waals surface area (Å²) in [6.45, 7) is 3.24. The molecule has 0 bridgehead atoms. The lowest BCUT2D eigenvalue weighted by Gasteiger charge is -2.09. The van der Waals surface area contributed by atoms with Gasteiger partial charge in [-0.1, -0.05) is 0 Å². The smallest absolute Gasteiger partial charge is 0.274 e. The van der Waals surface area contributed by atoms with Gasteiger partial charge in [0.1, 0.15) is 5.21 Å². The maximum absolute atomic E-state index is 11.3. The van der Waals surface area contributed by atoms with Crippen molar-refractivity contribution >= 4 is 33.0 Å². The lowest BCUT2D eigenvalue weighted by atomic mass is 10.1. The third kappa shape index (κ3) is 3.31. The molecule has 0 unspecified atom stereocenters. The third-order valence-corrected chi connectivity index (χ3v) is 3.83.